The maximum absolute atomic E-state index is 12.1. The summed E-state index contributed by atoms with van der Waals surface area (Å²) >= 11 is 1.19. The molecular weight excluding hydrogens is 274 g/mol. The zero-order valence-corrected chi connectivity index (χ0v) is 12.9. The Hall–Kier alpha value is -1.49. The van der Waals surface area contributed by atoms with E-state index in [1.807, 2.05) is 44.2 Å². The highest BCUT2D eigenvalue weighted by Crippen LogP contribution is 2.21. The summed E-state index contributed by atoms with van der Waals surface area (Å²) in [4.78, 5) is 24.7. The fourth-order valence-corrected chi connectivity index (χ4v) is 2.73. The Morgan fingerprint density at radius 2 is 1.90 bits per heavy atom. The van der Waals surface area contributed by atoms with Gasteiger partial charge in [0.25, 0.3) is 0 Å². The second kappa shape index (κ2) is 7.94. The van der Waals surface area contributed by atoms with E-state index < -0.39 is 11.2 Å². The number of aliphatic carboxylic acids is 1. The zero-order valence-electron chi connectivity index (χ0n) is 12.1. The van der Waals surface area contributed by atoms with Crippen LogP contribution in [0.3, 0.4) is 0 Å². The van der Waals surface area contributed by atoms with Crippen molar-refractivity contribution in [2.24, 2.45) is 0 Å². The van der Waals surface area contributed by atoms with Gasteiger partial charge < -0.3 is 10.0 Å². The number of rotatable bonds is 7. The molecule has 4 nitrogen and oxygen atoms in total. The number of benzene rings is 1. The van der Waals surface area contributed by atoms with Gasteiger partial charge in [-0.2, -0.15) is 0 Å². The third-order valence-electron chi connectivity index (χ3n) is 3.31. The molecule has 20 heavy (non-hydrogen) atoms. The molecule has 0 radical (unpaired) electrons. The largest absolute Gasteiger partial charge is 0.480 e. The first-order valence-electron chi connectivity index (χ1n) is 6.62. The highest BCUT2D eigenvalue weighted by molar-refractivity contribution is 8.01. The van der Waals surface area contributed by atoms with Gasteiger partial charge in [-0.25, -0.2) is 0 Å². The van der Waals surface area contributed by atoms with Gasteiger partial charge in [0, 0.05) is 7.05 Å². The molecule has 0 fully saturated rings. The number of hydrogen-bond acceptors (Lipinski definition) is 3. The summed E-state index contributed by atoms with van der Waals surface area (Å²) in [7, 11) is 1.75. The number of carboxylic acid groups (broad SMARTS) is 1. The standard InChI is InChI=1S/C15H21NO3S/c1-4-13(15(18)19)20-10-14(17)16(3)11(2)12-8-6-5-7-9-12/h5-9,11,13H,4,10H2,1-3H3,(H,18,19). The molecule has 0 bridgehead atoms. The minimum absolute atomic E-state index is 0.0193. The highest BCUT2D eigenvalue weighted by atomic mass is 32.2. The molecule has 0 aliphatic heterocycles. The van der Waals surface area contributed by atoms with E-state index in [4.69, 9.17) is 5.11 Å². The molecule has 1 N–H and O–H groups in total. The SMILES string of the molecule is CCC(SCC(=O)N(C)C(C)c1ccccc1)C(=O)O. The minimum Gasteiger partial charge on any atom is -0.480 e. The highest BCUT2D eigenvalue weighted by Gasteiger charge is 2.21. The van der Waals surface area contributed by atoms with Crippen LogP contribution in [0, 0.1) is 0 Å². The van der Waals surface area contributed by atoms with Gasteiger partial charge in [-0.15, -0.1) is 11.8 Å². The monoisotopic (exact) mass is 295 g/mol. The van der Waals surface area contributed by atoms with Crippen molar-refractivity contribution in [3.8, 4) is 0 Å². The van der Waals surface area contributed by atoms with E-state index in [0.717, 1.165) is 5.56 Å². The summed E-state index contributed by atoms with van der Waals surface area (Å²) in [5.41, 5.74) is 1.07. The van der Waals surface area contributed by atoms with Gasteiger partial charge in [0.05, 0.1) is 11.8 Å². The molecule has 1 rings (SSSR count). The Morgan fingerprint density at radius 3 is 2.40 bits per heavy atom. The molecule has 110 valence electrons. The van der Waals surface area contributed by atoms with Crippen molar-refractivity contribution in [1.29, 1.82) is 0 Å². The van der Waals surface area contributed by atoms with Gasteiger partial charge in [-0.1, -0.05) is 37.3 Å². The maximum Gasteiger partial charge on any atom is 0.316 e. The van der Waals surface area contributed by atoms with Crippen LogP contribution < -0.4 is 0 Å². The van der Waals surface area contributed by atoms with E-state index in [-0.39, 0.29) is 17.7 Å². The van der Waals surface area contributed by atoms with Gasteiger partial charge in [0.1, 0.15) is 5.25 Å². The predicted molar refractivity (Wildman–Crippen MR) is 81.8 cm³/mol. The van der Waals surface area contributed by atoms with Gasteiger partial charge in [0.2, 0.25) is 5.91 Å². The second-order valence-corrected chi connectivity index (χ2v) is 5.83. The van der Waals surface area contributed by atoms with Crippen molar-refractivity contribution in [1.82, 2.24) is 4.90 Å². The number of thioether (sulfide) groups is 1. The Balaban J connectivity index is 2.57. The molecule has 0 spiro atoms. The Kier molecular flexibility index (Phi) is 6.58. The molecule has 0 saturated carbocycles. The average molecular weight is 295 g/mol. The minimum atomic E-state index is -0.857. The Bertz CT molecular complexity index is 450. The molecule has 0 saturated heterocycles. The summed E-state index contributed by atoms with van der Waals surface area (Å²) in [5.74, 6) is -0.714. The van der Waals surface area contributed by atoms with Crippen LogP contribution in [0.2, 0.25) is 0 Å². The fourth-order valence-electron chi connectivity index (χ4n) is 1.81. The van der Waals surface area contributed by atoms with Crippen LogP contribution in [0.1, 0.15) is 31.9 Å². The van der Waals surface area contributed by atoms with Crippen molar-refractivity contribution >= 4 is 23.6 Å². The molecule has 1 aromatic carbocycles. The predicted octanol–water partition coefficient (Wildman–Crippen LogP) is 2.80. The molecule has 5 heteroatoms. The van der Waals surface area contributed by atoms with Gasteiger partial charge in [0.15, 0.2) is 0 Å². The van der Waals surface area contributed by atoms with E-state index >= 15 is 0 Å². The first-order chi connectivity index (χ1) is 9.47. The van der Waals surface area contributed by atoms with Crippen molar-refractivity contribution in [3.63, 3.8) is 0 Å². The first-order valence-corrected chi connectivity index (χ1v) is 7.67. The normalized spacial score (nSPS) is 13.6. The van der Waals surface area contributed by atoms with Crippen molar-refractivity contribution < 1.29 is 14.7 Å². The van der Waals surface area contributed by atoms with Gasteiger partial charge in [-0.05, 0) is 18.9 Å². The van der Waals surface area contributed by atoms with Crippen LogP contribution in [-0.2, 0) is 9.59 Å². The molecule has 0 aliphatic carbocycles. The van der Waals surface area contributed by atoms with E-state index in [9.17, 15) is 9.59 Å². The number of carboxylic acids is 1. The molecule has 0 aliphatic rings. The summed E-state index contributed by atoms with van der Waals surface area (Å²) < 4.78 is 0. The number of carbonyl (C=O) groups is 2. The summed E-state index contributed by atoms with van der Waals surface area (Å²) in [5, 5.41) is 8.45. The maximum atomic E-state index is 12.1. The topological polar surface area (TPSA) is 57.6 Å². The van der Waals surface area contributed by atoms with Crippen LogP contribution in [-0.4, -0.2) is 39.9 Å². The number of carbonyl (C=O) groups excluding carboxylic acids is 1. The van der Waals surface area contributed by atoms with Crippen LogP contribution in [0.25, 0.3) is 0 Å². The van der Waals surface area contributed by atoms with E-state index in [1.54, 1.807) is 11.9 Å². The van der Waals surface area contributed by atoms with Crippen molar-refractivity contribution in [2.75, 3.05) is 12.8 Å². The Morgan fingerprint density at radius 1 is 1.30 bits per heavy atom. The third-order valence-corrected chi connectivity index (χ3v) is 4.66. The van der Waals surface area contributed by atoms with Crippen LogP contribution in [0.5, 0.6) is 0 Å². The smallest absolute Gasteiger partial charge is 0.316 e. The second-order valence-electron chi connectivity index (χ2n) is 4.64. The lowest BCUT2D eigenvalue weighted by atomic mass is 10.1. The lowest BCUT2D eigenvalue weighted by molar-refractivity contribution is -0.136. The number of nitrogens with zero attached hydrogens (tertiary/aromatic N) is 1. The van der Waals surface area contributed by atoms with E-state index in [1.165, 1.54) is 11.8 Å². The molecule has 2 unspecified atom stereocenters. The lowest BCUT2D eigenvalue weighted by Crippen LogP contribution is -2.32. The molecule has 0 aromatic heterocycles. The molecule has 1 amide bonds. The van der Waals surface area contributed by atoms with Gasteiger partial charge >= 0.3 is 5.97 Å². The molecular formula is C15H21NO3S. The van der Waals surface area contributed by atoms with Crippen LogP contribution in [0.15, 0.2) is 30.3 Å². The molecule has 0 heterocycles. The van der Waals surface area contributed by atoms with Gasteiger partial charge in [-0.3, -0.25) is 9.59 Å². The molecule has 1 aromatic rings. The van der Waals surface area contributed by atoms with Crippen LogP contribution >= 0.6 is 11.8 Å². The number of amides is 1. The quantitative estimate of drug-likeness (QED) is 0.840. The average Bonchev–Trinajstić information content (AvgIpc) is 2.46. The summed E-state index contributed by atoms with van der Waals surface area (Å²) in [6.07, 6.45) is 0.519. The summed E-state index contributed by atoms with van der Waals surface area (Å²) in [6.45, 7) is 3.78. The van der Waals surface area contributed by atoms with E-state index in [2.05, 4.69) is 0 Å². The fraction of sp³-hybridized carbons (Fsp3) is 0.467. The third kappa shape index (κ3) is 4.56. The lowest BCUT2D eigenvalue weighted by Gasteiger charge is -2.25. The van der Waals surface area contributed by atoms with Crippen LogP contribution in [0.4, 0.5) is 0 Å². The van der Waals surface area contributed by atoms with Crippen molar-refractivity contribution in [3.05, 3.63) is 35.9 Å². The number of hydrogen-bond donors (Lipinski definition) is 1. The molecule has 2 atom stereocenters. The first kappa shape index (κ1) is 16.6. The van der Waals surface area contributed by atoms with Crippen molar-refractivity contribution in [2.45, 2.75) is 31.6 Å². The zero-order chi connectivity index (χ0) is 15.1. The summed E-state index contributed by atoms with van der Waals surface area (Å²) in [6, 6.07) is 9.76. The van der Waals surface area contributed by atoms with E-state index in [0.29, 0.717) is 6.42 Å². The Labute approximate surface area is 124 Å².